The molecule has 2 atom stereocenters. The van der Waals surface area contributed by atoms with Gasteiger partial charge >= 0.3 is 0 Å². The molecule has 0 saturated carbocycles. The molecule has 2 aromatic rings. The molecular weight excluding hydrogens is 281 g/mol. The Bertz CT molecular complexity index is 641. The molecule has 3 rings (SSSR count). The fourth-order valence-electron chi connectivity index (χ4n) is 3.27. The molecule has 0 saturated heterocycles. The van der Waals surface area contributed by atoms with Gasteiger partial charge in [-0.25, -0.2) is 4.39 Å². The van der Waals surface area contributed by atoms with Crippen molar-refractivity contribution in [3.8, 4) is 0 Å². The lowest BCUT2D eigenvalue weighted by Gasteiger charge is -2.21. The van der Waals surface area contributed by atoms with Crippen LogP contribution in [-0.2, 0) is 12.8 Å². The van der Waals surface area contributed by atoms with Crippen molar-refractivity contribution in [1.82, 2.24) is 0 Å². The Balaban J connectivity index is 2.03. The average Bonchev–Trinajstić information content (AvgIpc) is 2.63. The zero-order chi connectivity index (χ0) is 14.8. The minimum absolute atomic E-state index is 0.153. The molecule has 0 aliphatic heterocycles. The first-order valence-electron chi connectivity index (χ1n) is 7.40. The highest BCUT2D eigenvalue weighted by Crippen LogP contribution is 2.35. The molecule has 0 aromatic heterocycles. The number of hydrogen-bond acceptors (Lipinski definition) is 2. The van der Waals surface area contributed by atoms with Gasteiger partial charge in [0.2, 0.25) is 0 Å². The molecule has 3 heteroatoms. The van der Waals surface area contributed by atoms with E-state index in [1.165, 1.54) is 16.7 Å². The quantitative estimate of drug-likeness (QED) is 0.831. The van der Waals surface area contributed by atoms with E-state index >= 15 is 0 Å². The van der Waals surface area contributed by atoms with Crippen molar-refractivity contribution in [3.05, 3.63) is 70.5 Å². The third-order valence-electron chi connectivity index (χ3n) is 4.34. The van der Waals surface area contributed by atoms with Gasteiger partial charge in [0.05, 0.1) is 0 Å². The summed E-state index contributed by atoms with van der Waals surface area (Å²) in [5.41, 5.74) is 10.8. The highest BCUT2D eigenvalue weighted by molar-refractivity contribution is 7.81. The summed E-state index contributed by atoms with van der Waals surface area (Å²) in [5.74, 6) is 0.204. The first-order valence-corrected chi connectivity index (χ1v) is 7.92. The average molecular weight is 301 g/mol. The molecule has 0 heterocycles. The maximum Gasteiger partial charge on any atom is 0.123 e. The topological polar surface area (TPSA) is 26.0 Å². The second-order valence-electron chi connectivity index (χ2n) is 5.81. The molecule has 21 heavy (non-hydrogen) atoms. The Morgan fingerprint density at radius 3 is 2.76 bits per heavy atom. The van der Waals surface area contributed by atoms with Crippen LogP contribution in [0.4, 0.5) is 4.39 Å². The Labute approximate surface area is 130 Å². The van der Waals surface area contributed by atoms with Gasteiger partial charge in [-0.1, -0.05) is 30.3 Å². The van der Waals surface area contributed by atoms with Crippen molar-refractivity contribution in [1.29, 1.82) is 0 Å². The molecule has 2 N–H and O–H groups in total. The lowest BCUT2D eigenvalue weighted by atomic mass is 9.87. The molecule has 0 amide bonds. The highest BCUT2D eigenvalue weighted by atomic mass is 32.1. The van der Waals surface area contributed by atoms with Crippen LogP contribution in [0.1, 0.15) is 34.6 Å². The monoisotopic (exact) mass is 301 g/mol. The number of fused-ring (bicyclic) bond motifs is 2. The van der Waals surface area contributed by atoms with Gasteiger partial charge in [0.25, 0.3) is 0 Å². The van der Waals surface area contributed by atoms with E-state index in [-0.39, 0.29) is 11.1 Å². The summed E-state index contributed by atoms with van der Waals surface area (Å²) in [7, 11) is 0. The van der Waals surface area contributed by atoms with Crippen molar-refractivity contribution in [3.63, 3.8) is 0 Å². The van der Waals surface area contributed by atoms with Gasteiger partial charge < -0.3 is 5.73 Å². The number of nitrogens with two attached hydrogens (primary N) is 1. The number of hydrogen-bond donors (Lipinski definition) is 2. The predicted molar refractivity (Wildman–Crippen MR) is 88.5 cm³/mol. The second kappa shape index (κ2) is 6.20. The molecule has 0 bridgehead atoms. The van der Waals surface area contributed by atoms with Crippen molar-refractivity contribution in [2.75, 3.05) is 6.54 Å². The van der Waals surface area contributed by atoms with Crippen LogP contribution in [0.15, 0.2) is 42.5 Å². The lowest BCUT2D eigenvalue weighted by Crippen LogP contribution is -2.18. The van der Waals surface area contributed by atoms with Gasteiger partial charge in [0.15, 0.2) is 0 Å². The van der Waals surface area contributed by atoms with E-state index in [9.17, 15) is 4.39 Å². The summed E-state index contributed by atoms with van der Waals surface area (Å²) in [6.07, 6.45) is 2.66. The fraction of sp³-hybridized carbons (Fsp3) is 0.333. The largest absolute Gasteiger partial charge is 0.329 e. The maximum atomic E-state index is 13.6. The molecule has 0 radical (unpaired) electrons. The van der Waals surface area contributed by atoms with Crippen molar-refractivity contribution in [2.45, 2.75) is 30.4 Å². The second-order valence-corrected chi connectivity index (χ2v) is 6.55. The summed E-state index contributed by atoms with van der Waals surface area (Å²) in [6, 6.07) is 13.7. The third kappa shape index (κ3) is 3.14. The molecule has 2 aromatic carbocycles. The minimum atomic E-state index is -0.153. The van der Waals surface area contributed by atoms with Crippen LogP contribution in [-0.4, -0.2) is 11.8 Å². The van der Waals surface area contributed by atoms with Gasteiger partial charge in [-0.3, -0.25) is 0 Å². The number of rotatable bonds is 3. The molecule has 1 aliphatic carbocycles. The van der Waals surface area contributed by atoms with Crippen molar-refractivity contribution < 1.29 is 4.39 Å². The van der Waals surface area contributed by atoms with E-state index in [2.05, 4.69) is 36.9 Å². The highest BCUT2D eigenvalue weighted by Gasteiger charge is 2.23. The van der Waals surface area contributed by atoms with E-state index in [0.717, 1.165) is 24.8 Å². The van der Waals surface area contributed by atoms with Crippen molar-refractivity contribution in [2.24, 2.45) is 5.73 Å². The van der Waals surface area contributed by atoms with E-state index in [1.807, 2.05) is 6.07 Å². The van der Waals surface area contributed by atoms with E-state index in [1.54, 1.807) is 12.1 Å². The number of halogens is 1. The lowest BCUT2D eigenvalue weighted by molar-refractivity contribution is 0.597. The maximum absolute atomic E-state index is 13.6. The molecule has 0 unspecified atom stereocenters. The summed E-state index contributed by atoms with van der Waals surface area (Å²) < 4.78 is 13.6. The molecule has 1 aliphatic rings. The Kier molecular flexibility index (Phi) is 4.32. The summed E-state index contributed by atoms with van der Waals surface area (Å²) in [5, 5.41) is 0.179. The zero-order valence-corrected chi connectivity index (χ0v) is 12.8. The summed E-state index contributed by atoms with van der Waals surface area (Å²) in [4.78, 5) is 0. The molecule has 0 fully saturated rings. The van der Waals surface area contributed by atoms with E-state index in [0.29, 0.717) is 12.5 Å². The summed E-state index contributed by atoms with van der Waals surface area (Å²) >= 11 is 4.56. The Hall–Kier alpha value is -1.32. The van der Waals surface area contributed by atoms with Crippen LogP contribution >= 0.6 is 12.6 Å². The Morgan fingerprint density at radius 2 is 1.95 bits per heavy atom. The summed E-state index contributed by atoms with van der Waals surface area (Å²) in [6.45, 7) is 0.567. The third-order valence-corrected chi connectivity index (χ3v) is 4.76. The standard InChI is InChI=1S/C18H20FNS/c19-16-6-5-12-7-13-3-1-2-4-18(13)15(8-14(12)9-16)10-17(21)11-20/h1-6,9,15,17,21H,7-8,10-11,20H2/t15-,17+/m1/s1. The van der Waals surface area contributed by atoms with Crippen molar-refractivity contribution >= 4 is 12.6 Å². The van der Waals surface area contributed by atoms with Crippen LogP contribution in [0, 0.1) is 5.82 Å². The van der Waals surface area contributed by atoms with Gasteiger partial charge in [0, 0.05) is 11.8 Å². The molecule has 1 nitrogen and oxygen atoms in total. The van der Waals surface area contributed by atoms with Crippen LogP contribution < -0.4 is 5.73 Å². The number of thiol groups is 1. The molecular formula is C18H20FNS. The first-order chi connectivity index (χ1) is 10.2. The van der Waals surface area contributed by atoms with Gasteiger partial charge in [-0.2, -0.15) is 12.6 Å². The predicted octanol–water partition coefficient (Wildman–Crippen LogP) is 3.70. The van der Waals surface area contributed by atoms with Crippen LogP contribution in [0.25, 0.3) is 0 Å². The minimum Gasteiger partial charge on any atom is -0.329 e. The van der Waals surface area contributed by atoms with Crippen LogP contribution in [0.5, 0.6) is 0 Å². The van der Waals surface area contributed by atoms with Crippen LogP contribution in [0.2, 0.25) is 0 Å². The molecule has 0 spiro atoms. The zero-order valence-electron chi connectivity index (χ0n) is 11.9. The van der Waals surface area contributed by atoms with E-state index < -0.39 is 0 Å². The normalized spacial score (nSPS) is 18.5. The van der Waals surface area contributed by atoms with Crippen LogP contribution in [0.3, 0.4) is 0 Å². The fourth-order valence-corrected chi connectivity index (χ4v) is 3.52. The Morgan fingerprint density at radius 1 is 1.14 bits per heavy atom. The van der Waals surface area contributed by atoms with Gasteiger partial charge in [-0.15, -0.1) is 0 Å². The molecule has 110 valence electrons. The SMILES string of the molecule is NC[C@@H](S)C[C@H]1Cc2cc(F)ccc2Cc2ccccc21. The van der Waals surface area contributed by atoms with Gasteiger partial charge in [-0.05, 0) is 59.6 Å². The smallest absolute Gasteiger partial charge is 0.123 e. The first kappa shape index (κ1) is 14.6. The number of benzene rings is 2. The van der Waals surface area contributed by atoms with E-state index in [4.69, 9.17) is 5.73 Å². The van der Waals surface area contributed by atoms with Gasteiger partial charge in [0.1, 0.15) is 5.82 Å².